The maximum atomic E-state index is 12.4. The molecule has 0 aromatic carbocycles. The van der Waals surface area contributed by atoms with Crippen molar-refractivity contribution in [1.29, 1.82) is 0 Å². The van der Waals surface area contributed by atoms with Crippen molar-refractivity contribution in [3.63, 3.8) is 0 Å². The van der Waals surface area contributed by atoms with Crippen molar-refractivity contribution in [2.24, 2.45) is 0 Å². The molecule has 0 aliphatic carbocycles. The van der Waals surface area contributed by atoms with Crippen LogP contribution in [0.25, 0.3) is 11.4 Å². The van der Waals surface area contributed by atoms with E-state index in [1.807, 2.05) is 16.8 Å². The quantitative estimate of drug-likeness (QED) is 0.534. The molecule has 0 N–H and O–H groups in total. The molecule has 0 radical (unpaired) electrons. The number of fused-ring (bicyclic) bond motifs is 3. The zero-order chi connectivity index (χ0) is 11.3. The molecular weight excluding hydrogens is 219 g/mol. The van der Waals surface area contributed by atoms with Gasteiger partial charge in [-0.1, -0.05) is 0 Å². The van der Waals surface area contributed by atoms with Crippen LogP contribution >= 0.6 is 0 Å². The largest absolute Gasteiger partial charge is 0.435 e. The Morgan fingerprint density at radius 1 is 1.31 bits per heavy atom. The number of halogens is 3. The summed E-state index contributed by atoms with van der Waals surface area (Å²) >= 11 is 0. The van der Waals surface area contributed by atoms with Crippen LogP contribution in [0.4, 0.5) is 13.2 Å². The molecule has 0 saturated heterocycles. The van der Waals surface area contributed by atoms with Gasteiger partial charge in [-0.05, 0) is 6.07 Å². The van der Waals surface area contributed by atoms with E-state index in [2.05, 4.69) is 5.10 Å². The van der Waals surface area contributed by atoms with Gasteiger partial charge in [0.1, 0.15) is 5.69 Å². The molecule has 1 aliphatic rings. The van der Waals surface area contributed by atoms with E-state index in [0.717, 1.165) is 11.8 Å². The molecule has 0 unspecified atom stereocenters. The third-order valence-electron chi connectivity index (χ3n) is 2.56. The molecule has 1 aliphatic heterocycles. The van der Waals surface area contributed by atoms with Crippen molar-refractivity contribution < 1.29 is 17.7 Å². The smallest absolute Gasteiger partial charge is 0.198 e. The summed E-state index contributed by atoms with van der Waals surface area (Å²) in [7, 11) is 0. The van der Waals surface area contributed by atoms with Crippen LogP contribution in [0, 0.1) is 0 Å². The van der Waals surface area contributed by atoms with Crippen LogP contribution in [0.15, 0.2) is 30.5 Å². The van der Waals surface area contributed by atoms with E-state index in [4.69, 9.17) is 0 Å². The lowest BCUT2D eigenvalue weighted by Crippen LogP contribution is -2.33. The molecule has 16 heavy (non-hydrogen) atoms. The predicted molar refractivity (Wildman–Crippen MR) is 48.3 cm³/mol. The predicted octanol–water partition coefficient (Wildman–Crippen LogP) is 1.68. The number of rotatable bonds is 0. The first kappa shape index (κ1) is 9.38. The lowest BCUT2D eigenvalue weighted by Gasteiger charge is -2.00. The molecule has 0 spiro atoms. The van der Waals surface area contributed by atoms with E-state index < -0.39 is 11.9 Å². The molecule has 3 heterocycles. The maximum absolute atomic E-state index is 12.4. The van der Waals surface area contributed by atoms with E-state index in [9.17, 15) is 13.2 Å². The van der Waals surface area contributed by atoms with Gasteiger partial charge in [0.05, 0.1) is 0 Å². The van der Waals surface area contributed by atoms with Crippen molar-refractivity contribution in [1.82, 2.24) is 9.78 Å². The van der Waals surface area contributed by atoms with Crippen LogP contribution in [0.3, 0.4) is 0 Å². The first-order valence-corrected chi connectivity index (χ1v) is 4.69. The van der Waals surface area contributed by atoms with Crippen molar-refractivity contribution in [2.75, 3.05) is 0 Å². The summed E-state index contributed by atoms with van der Waals surface area (Å²) in [5.41, 5.74) is 0.427. The molecule has 3 rings (SSSR count). The van der Waals surface area contributed by atoms with Gasteiger partial charge < -0.3 is 0 Å². The molecule has 3 nitrogen and oxygen atoms in total. The Kier molecular flexibility index (Phi) is 1.66. The highest BCUT2D eigenvalue weighted by Crippen LogP contribution is 2.31. The van der Waals surface area contributed by atoms with Gasteiger partial charge in [0.2, 0.25) is 12.4 Å². The van der Waals surface area contributed by atoms with Gasteiger partial charge in [0, 0.05) is 18.2 Å². The highest BCUT2D eigenvalue weighted by atomic mass is 19.4. The summed E-state index contributed by atoms with van der Waals surface area (Å²) in [5.74, 6) is 0. The number of pyridine rings is 1. The van der Waals surface area contributed by atoms with Gasteiger partial charge >= 0.3 is 6.18 Å². The lowest BCUT2D eigenvalue weighted by molar-refractivity contribution is -0.683. The minimum absolute atomic E-state index is 0.335. The Balaban J connectivity index is 2.15. The average molecular weight is 226 g/mol. The van der Waals surface area contributed by atoms with Gasteiger partial charge in [-0.25, -0.2) is 0 Å². The normalized spacial score (nSPS) is 13.7. The van der Waals surface area contributed by atoms with Crippen molar-refractivity contribution >= 4 is 0 Å². The minimum Gasteiger partial charge on any atom is -0.198 e. The molecule has 82 valence electrons. The molecule has 2 aromatic heterocycles. The van der Waals surface area contributed by atoms with Crippen molar-refractivity contribution in [3.8, 4) is 11.4 Å². The zero-order valence-corrected chi connectivity index (χ0v) is 8.07. The van der Waals surface area contributed by atoms with Crippen molar-refractivity contribution in [2.45, 2.75) is 12.8 Å². The highest BCUT2D eigenvalue weighted by Gasteiger charge is 2.38. The summed E-state index contributed by atoms with van der Waals surface area (Å²) in [5, 5.41) is 3.55. The van der Waals surface area contributed by atoms with Crippen molar-refractivity contribution in [3.05, 3.63) is 36.2 Å². The number of alkyl halides is 3. The number of aromatic nitrogens is 3. The molecule has 2 aromatic rings. The van der Waals surface area contributed by atoms with Gasteiger partial charge in [0.25, 0.3) is 0 Å². The molecular formula is C10H7F3N3+. The Morgan fingerprint density at radius 2 is 2.12 bits per heavy atom. The fraction of sp³-hybridized carbons (Fsp3) is 0.200. The maximum Gasteiger partial charge on any atom is 0.435 e. The molecule has 0 atom stereocenters. The molecule has 0 bridgehead atoms. The fourth-order valence-corrected chi connectivity index (χ4v) is 1.85. The third-order valence-corrected chi connectivity index (χ3v) is 2.56. The van der Waals surface area contributed by atoms with E-state index in [1.165, 1.54) is 4.68 Å². The van der Waals surface area contributed by atoms with Crippen LogP contribution in [0.2, 0.25) is 0 Å². The first-order chi connectivity index (χ1) is 7.55. The number of hydrogen-bond donors (Lipinski definition) is 0. The van der Waals surface area contributed by atoms with E-state index in [0.29, 0.717) is 12.4 Å². The van der Waals surface area contributed by atoms with Crippen LogP contribution in [0.1, 0.15) is 5.69 Å². The van der Waals surface area contributed by atoms with E-state index in [-0.39, 0.29) is 0 Å². The molecule has 0 saturated carbocycles. The summed E-state index contributed by atoms with van der Waals surface area (Å²) in [6.45, 7) is 0.335. The van der Waals surface area contributed by atoms with E-state index in [1.54, 1.807) is 12.1 Å². The third kappa shape index (κ3) is 1.22. The summed E-state index contributed by atoms with van der Waals surface area (Å²) in [6, 6.07) is 6.49. The zero-order valence-electron chi connectivity index (χ0n) is 8.07. The number of hydrogen-bond acceptors (Lipinski definition) is 1. The Labute approximate surface area is 88.7 Å². The monoisotopic (exact) mass is 226 g/mol. The summed E-state index contributed by atoms with van der Waals surface area (Å²) in [6.07, 6.45) is -2.56. The van der Waals surface area contributed by atoms with Crippen LogP contribution in [-0.2, 0) is 12.8 Å². The molecule has 0 amide bonds. The SMILES string of the molecule is FC(F)(F)c1cc2n(n1)C[n+]1ccccc1-2. The fourth-order valence-electron chi connectivity index (χ4n) is 1.85. The Hall–Kier alpha value is -1.85. The van der Waals surface area contributed by atoms with Gasteiger partial charge in [0.15, 0.2) is 11.9 Å². The van der Waals surface area contributed by atoms with Gasteiger partial charge in [-0.15, -0.1) is 0 Å². The van der Waals surface area contributed by atoms with Gasteiger partial charge in [-0.3, -0.25) is 0 Å². The average Bonchev–Trinajstić information content (AvgIpc) is 2.72. The summed E-state index contributed by atoms with van der Waals surface area (Å²) in [4.78, 5) is 0. The minimum atomic E-state index is -4.38. The van der Waals surface area contributed by atoms with Crippen LogP contribution < -0.4 is 4.57 Å². The first-order valence-electron chi connectivity index (χ1n) is 4.69. The summed E-state index contributed by atoms with van der Waals surface area (Å²) < 4.78 is 40.5. The van der Waals surface area contributed by atoms with Gasteiger partial charge in [-0.2, -0.15) is 27.5 Å². The van der Waals surface area contributed by atoms with Crippen LogP contribution in [-0.4, -0.2) is 9.78 Å². The topological polar surface area (TPSA) is 21.7 Å². The highest BCUT2D eigenvalue weighted by molar-refractivity contribution is 5.53. The molecule has 0 fully saturated rings. The Morgan fingerprint density at radius 3 is 2.88 bits per heavy atom. The standard InChI is InChI=1S/C10H7F3N3/c11-10(12,13)9-5-8-7-3-1-2-4-15(7)6-16(8)14-9/h1-5H,6H2/q+1. The number of nitrogens with zero attached hydrogens (tertiary/aromatic N) is 3. The molecule has 6 heteroatoms. The second-order valence-electron chi connectivity index (χ2n) is 3.61. The Bertz CT molecular complexity index is 557. The lowest BCUT2D eigenvalue weighted by atomic mass is 10.2. The second-order valence-corrected chi connectivity index (χ2v) is 3.61. The van der Waals surface area contributed by atoms with Crippen LogP contribution in [0.5, 0.6) is 0 Å². The second kappa shape index (κ2) is 2.84. The van der Waals surface area contributed by atoms with E-state index >= 15 is 0 Å².